The second kappa shape index (κ2) is 6.04. The Balaban J connectivity index is 2.03. The van der Waals surface area contributed by atoms with Crippen molar-refractivity contribution in [1.29, 1.82) is 0 Å². The number of anilines is 1. The van der Waals surface area contributed by atoms with E-state index in [9.17, 15) is 9.59 Å². The Hall–Kier alpha value is -2.90. The first-order valence-corrected chi connectivity index (χ1v) is 6.14. The zero-order chi connectivity index (χ0) is 15.4. The van der Waals surface area contributed by atoms with Gasteiger partial charge < -0.3 is 20.3 Å². The normalized spacial score (nSPS) is 10.2. The van der Waals surface area contributed by atoms with E-state index in [1.807, 2.05) is 0 Å². The molecule has 110 valence electrons. The van der Waals surface area contributed by atoms with E-state index in [1.54, 1.807) is 26.0 Å². The Morgan fingerprint density at radius 1 is 1.33 bits per heavy atom. The molecule has 21 heavy (non-hydrogen) atoms. The van der Waals surface area contributed by atoms with Gasteiger partial charge in [-0.2, -0.15) is 4.98 Å². The molecule has 0 radical (unpaired) electrons. The molecule has 0 aliphatic rings. The minimum Gasteiger partial charge on any atom is -0.478 e. The summed E-state index contributed by atoms with van der Waals surface area (Å²) >= 11 is 0. The summed E-state index contributed by atoms with van der Waals surface area (Å²) in [5.41, 5.74) is 0.843. The van der Waals surface area contributed by atoms with Crippen molar-refractivity contribution in [3.05, 3.63) is 41.0 Å². The third kappa shape index (κ3) is 3.56. The summed E-state index contributed by atoms with van der Waals surface area (Å²) in [6, 6.07) is 4.29. The van der Waals surface area contributed by atoms with Crippen LogP contribution in [0.1, 0.15) is 27.6 Å². The van der Waals surface area contributed by atoms with Gasteiger partial charge in [-0.25, -0.2) is 9.59 Å². The van der Waals surface area contributed by atoms with Crippen molar-refractivity contribution < 1.29 is 19.2 Å². The van der Waals surface area contributed by atoms with Crippen molar-refractivity contribution in [1.82, 2.24) is 15.5 Å². The number of hydrogen-bond donors (Lipinski definition) is 3. The third-order valence-corrected chi connectivity index (χ3v) is 2.70. The molecule has 2 rings (SSSR count). The number of carboxylic acid groups (broad SMARTS) is 1. The molecular formula is C13H14N4O4. The van der Waals surface area contributed by atoms with Gasteiger partial charge in [0.05, 0.1) is 17.8 Å². The number of nitrogens with zero attached hydrogens (tertiary/aromatic N) is 2. The van der Waals surface area contributed by atoms with Crippen LogP contribution in [0.3, 0.4) is 0 Å². The van der Waals surface area contributed by atoms with Crippen molar-refractivity contribution in [2.45, 2.75) is 20.4 Å². The van der Waals surface area contributed by atoms with Crippen LogP contribution in [0, 0.1) is 13.8 Å². The molecule has 2 amide bonds. The minimum atomic E-state index is -1.10. The Labute approximate surface area is 120 Å². The number of carbonyl (C=O) groups excluding carboxylic acids is 1. The van der Waals surface area contributed by atoms with E-state index in [-0.39, 0.29) is 23.7 Å². The molecule has 0 bridgehead atoms. The van der Waals surface area contributed by atoms with Gasteiger partial charge in [0.2, 0.25) is 5.89 Å². The smallest absolute Gasteiger partial charge is 0.338 e. The molecule has 0 aliphatic carbocycles. The highest BCUT2D eigenvalue weighted by molar-refractivity contribution is 6.01. The van der Waals surface area contributed by atoms with Gasteiger partial charge in [-0.05, 0) is 25.5 Å². The number of nitrogens with one attached hydrogen (secondary N) is 2. The maximum absolute atomic E-state index is 11.8. The average molecular weight is 290 g/mol. The van der Waals surface area contributed by atoms with Gasteiger partial charge in [0.1, 0.15) is 0 Å². The maximum Gasteiger partial charge on any atom is 0.338 e. The summed E-state index contributed by atoms with van der Waals surface area (Å²) < 4.78 is 4.85. The van der Waals surface area contributed by atoms with Crippen molar-refractivity contribution in [3.8, 4) is 0 Å². The zero-order valence-electron chi connectivity index (χ0n) is 11.5. The fourth-order valence-corrected chi connectivity index (χ4v) is 1.79. The standard InChI is InChI=1S/C13H14N4O4/c1-7-4-3-5-9(11(7)12(18)19)16-13(20)14-6-10-15-8(2)17-21-10/h3-5H,6H2,1-2H3,(H,18,19)(H2,14,16,20). The van der Waals surface area contributed by atoms with Gasteiger partial charge >= 0.3 is 12.0 Å². The van der Waals surface area contributed by atoms with E-state index in [0.717, 1.165) is 0 Å². The molecule has 0 saturated heterocycles. The van der Waals surface area contributed by atoms with Gasteiger partial charge in [0.15, 0.2) is 5.82 Å². The van der Waals surface area contributed by atoms with E-state index < -0.39 is 12.0 Å². The van der Waals surface area contributed by atoms with Crippen LogP contribution >= 0.6 is 0 Å². The van der Waals surface area contributed by atoms with E-state index in [1.165, 1.54) is 6.07 Å². The number of carbonyl (C=O) groups is 2. The molecule has 3 N–H and O–H groups in total. The predicted molar refractivity (Wildman–Crippen MR) is 73.0 cm³/mol. The second-order valence-corrected chi connectivity index (χ2v) is 4.35. The lowest BCUT2D eigenvalue weighted by molar-refractivity contribution is 0.0697. The van der Waals surface area contributed by atoms with Crippen LogP contribution in [0.4, 0.5) is 10.5 Å². The Kier molecular flexibility index (Phi) is 4.17. The van der Waals surface area contributed by atoms with Crippen molar-refractivity contribution in [2.24, 2.45) is 0 Å². The number of rotatable bonds is 4. The predicted octanol–water partition coefficient (Wildman–Crippen LogP) is 1.71. The van der Waals surface area contributed by atoms with Crippen LogP contribution in [0.2, 0.25) is 0 Å². The van der Waals surface area contributed by atoms with Gasteiger partial charge in [-0.15, -0.1) is 0 Å². The minimum absolute atomic E-state index is 0.0564. The first kappa shape index (κ1) is 14.5. The van der Waals surface area contributed by atoms with E-state index >= 15 is 0 Å². The topological polar surface area (TPSA) is 117 Å². The molecule has 0 fully saturated rings. The molecule has 0 aliphatic heterocycles. The molecule has 8 heteroatoms. The fourth-order valence-electron chi connectivity index (χ4n) is 1.79. The summed E-state index contributed by atoms with van der Waals surface area (Å²) in [5.74, 6) is -0.361. The molecule has 1 aromatic carbocycles. The molecule has 2 aromatic rings. The van der Waals surface area contributed by atoms with Crippen LogP contribution in [0.15, 0.2) is 22.7 Å². The van der Waals surface area contributed by atoms with Crippen LogP contribution in [-0.2, 0) is 6.54 Å². The highest BCUT2D eigenvalue weighted by atomic mass is 16.5. The number of hydrogen-bond acceptors (Lipinski definition) is 5. The molecule has 0 saturated carbocycles. The highest BCUT2D eigenvalue weighted by Crippen LogP contribution is 2.19. The summed E-state index contributed by atoms with van der Waals surface area (Å²) in [6.45, 7) is 3.38. The SMILES string of the molecule is Cc1noc(CNC(=O)Nc2cccc(C)c2C(=O)O)n1. The maximum atomic E-state index is 11.8. The molecule has 0 atom stereocenters. The zero-order valence-corrected chi connectivity index (χ0v) is 11.5. The summed E-state index contributed by atoms with van der Waals surface area (Å²) in [4.78, 5) is 26.9. The van der Waals surface area contributed by atoms with Crippen molar-refractivity contribution >= 4 is 17.7 Å². The molecular weight excluding hydrogens is 276 g/mol. The van der Waals surface area contributed by atoms with Crippen molar-refractivity contribution in [3.63, 3.8) is 0 Å². The summed E-state index contributed by atoms with van der Waals surface area (Å²) in [6.07, 6.45) is 0. The summed E-state index contributed by atoms with van der Waals surface area (Å²) in [7, 11) is 0. The van der Waals surface area contributed by atoms with Crippen molar-refractivity contribution in [2.75, 3.05) is 5.32 Å². The fraction of sp³-hybridized carbons (Fsp3) is 0.231. The largest absolute Gasteiger partial charge is 0.478 e. The van der Waals surface area contributed by atoms with E-state index in [4.69, 9.17) is 9.63 Å². The summed E-state index contributed by atoms with van der Waals surface area (Å²) in [5, 5.41) is 17.8. The highest BCUT2D eigenvalue weighted by Gasteiger charge is 2.15. The second-order valence-electron chi connectivity index (χ2n) is 4.35. The number of benzene rings is 1. The number of aryl methyl sites for hydroxylation is 2. The average Bonchev–Trinajstić information content (AvgIpc) is 2.82. The molecule has 1 heterocycles. The van der Waals surface area contributed by atoms with Gasteiger partial charge in [0.25, 0.3) is 0 Å². The van der Waals surface area contributed by atoms with Gasteiger partial charge in [0, 0.05) is 0 Å². The van der Waals surface area contributed by atoms with Crippen LogP contribution in [-0.4, -0.2) is 27.2 Å². The Bertz CT molecular complexity index is 681. The van der Waals surface area contributed by atoms with Crippen LogP contribution < -0.4 is 10.6 Å². The first-order valence-electron chi connectivity index (χ1n) is 6.14. The monoisotopic (exact) mass is 290 g/mol. The quantitative estimate of drug-likeness (QED) is 0.789. The number of aromatic carboxylic acids is 1. The van der Waals surface area contributed by atoms with Crippen LogP contribution in [0.5, 0.6) is 0 Å². The molecule has 0 spiro atoms. The lowest BCUT2D eigenvalue weighted by Gasteiger charge is -2.10. The molecule has 1 aromatic heterocycles. The Morgan fingerprint density at radius 3 is 2.71 bits per heavy atom. The molecule has 0 unspecified atom stereocenters. The lowest BCUT2D eigenvalue weighted by Crippen LogP contribution is -2.29. The van der Waals surface area contributed by atoms with E-state index in [2.05, 4.69) is 20.8 Å². The third-order valence-electron chi connectivity index (χ3n) is 2.70. The molecule has 8 nitrogen and oxygen atoms in total. The lowest BCUT2D eigenvalue weighted by atomic mass is 10.1. The number of amides is 2. The van der Waals surface area contributed by atoms with E-state index in [0.29, 0.717) is 11.4 Å². The number of urea groups is 1. The van der Waals surface area contributed by atoms with Crippen LogP contribution in [0.25, 0.3) is 0 Å². The Morgan fingerprint density at radius 2 is 2.10 bits per heavy atom. The number of carboxylic acids is 1. The van der Waals surface area contributed by atoms with Gasteiger partial charge in [-0.3, -0.25) is 0 Å². The van der Waals surface area contributed by atoms with Gasteiger partial charge in [-0.1, -0.05) is 17.3 Å². The number of aromatic nitrogens is 2. The first-order chi connectivity index (χ1) is 9.97.